The predicted octanol–water partition coefficient (Wildman–Crippen LogP) is 2.45. The molecule has 0 bridgehead atoms. The fourth-order valence-corrected chi connectivity index (χ4v) is 3.40. The van der Waals surface area contributed by atoms with Gasteiger partial charge in [-0.25, -0.2) is 4.98 Å². The summed E-state index contributed by atoms with van der Waals surface area (Å²) in [6, 6.07) is 14.6. The number of nitrogens with two attached hydrogens (primary N) is 1. The summed E-state index contributed by atoms with van der Waals surface area (Å²) in [5, 5.41) is 9.65. The molecular weight excluding hydrogens is 262 g/mol. The molecule has 0 saturated heterocycles. The van der Waals surface area contributed by atoms with E-state index in [0.717, 1.165) is 23.9 Å². The van der Waals surface area contributed by atoms with E-state index in [2.05, 4.69) is 33.8 Å². The Morgan fingerprint density at radius 3 is 2.52 bits per heavy atom. The van der Waals surface area contributed by atoms with E-state index < -0.39 is 0 Å². The van der Waals surface area contributed by atoms with Crippen LogP contribution in [0, 0.1) is 0 Å². The van der Waals surface area contributed by atoms with Gasteiger partial charge in [0.2, 0.25) is 0 Å². The third-order valence-corrected chi connectivity index (χ3v) is 4.32. The van der Waals surface area contributed by atoms with Gasteiger partial charge in [-0.1, -0.05) is 24.3 Å². The minimum atomic E-state index is -0.0541. The maximum atomic E-state index is 9.65. The van der Waals surface area contributed by atoms with E-state index in [-0.39, 0.29) is 6.61 Å². The average Bonchev–Trinajstić information content (AvgIpc) is 3.06. The monoisotopic (exact) mass is 279 g/mol. The Morgan fingerprint density at radius 2 is 1.86 bits per heavy atom. The summed E-state index contributed by atoms with van der Waals surface area (Å²) in [6.07, 6.45) is 1.97. The fourth-order valence-electron chi connectivity index (χ4n) is 3.40. The van der Waals surface area contributed by atoms with Crippen molar-refractivity contribution in [1.29, 1.82) is 0 Å². The van der Waals surface area contributed by atoms with Gasteiger partial charge in [-0.3, -0.25) is 0 Å². The van der Waals surface area contributed by atoms with E-state index in [0.29, 0.717) is 17.6 Å². The summed E-state index contributed by atoms with van der Waals surface area (Å²) in [5.74, 6) is 0.716. The Hall–Kier alpha value is -2.33. The molecule has 1 aliphatic rings. The number of benzene rings is 2. The van der Waals surface area contributed by atoms with Crippen molar-refractivity contribution in [3.8, 4) is 0 Å². The van der Waals surface area contributed by atoms with E-state index in [1.54, 1.807) is 0 Å². The van der Waals surface area contributed by atoms with Gasteiger partial charge in [-0.15, -0.1) is 0 Å². The summed E-state index contributed by atoms with van der Waals surface area (Å²) in [7, 11) is 0. The topological polar surface area (TPSA) is 64.1 Å². The van der Waals surface area contributed by atoms with Crippen molar-refractivity contribution in [2.45, 2.75) is 25.5 Å². The maximum Gasteiger partial charge on any atom is 0.135 e. The standard InChI is InChI=1S/C17H17N3O/c18-13-5-6-16-15(9-13)19-17(10-21)20(16)14-7-11-3-1-2-4-12(11)8-14/h1-6,9,14,21H,7-8,10,18H2. The molecule has 0 radical (unpaired) electrons. The molecule has 4 rings (SSSR count). The van der Waals surface area contributed by atoms with Gasteiger partial charge >= 0.3 is 0 Å². The van der Waals surface area contributed by atoms with Gasteiger partial charge < -0.3 is 15.4 Å². The van der Waals surface area contributed by atoms with Crippen LogP contribution in [-0.4, -0.2) is 14.7 Å². The largest absolute Gasteiger partial charge is 0.399 e. The average molecular weight is 279 g/mol. The van der Waals surface area contributed by atoms with Gasteiger partial charge in [0.1, 0.15) is 12.4 Å². The smallest absolute Gasteiger partial charge is 0.135 e. The lowest BCUT2D eigenvalue weighted by molar-refractivity contribution is 0.262. The van der Waals surface area contributed by atoms with Crippen LogP contribution in [-0.2, 0) is 19.4 Å². The molecule has 0 spiro atoms. The number of aliphatic hydroxyl groups excluding tert-OH is 1. The van der Waals surface area contributed by atoms with Gasteiger partial charge in [0.15, 0.2) is 0 Å². The van der Waals surface area contributed by atoms with E-state index in [9.17, 15) is 5.11 Å². The lowest BCUT2D eigenvalue weighted by Gasteiger charge is -2.15. The van der Waals surface area contributed by atoms with Crippen LogP contribution in [0.3, 0.4) is 0 Å². The molecule has 3 N–H and O–H groups in total. The molecule has 1 aliphatic carbocycles. The van der Waals surface area contributed by atoms with Crippen molar-refractivity contribution in [3.63, 3.8) is 0 Å². The molecule has 0 saturated carbocycles. The van der Waals surface area contributed by atoms with Crippen LogP contribution in [0.15, 0.2) is 42.5 Å². The number of fused-ring (bicyclic) bond motifs is 2. The molecule has 3 aromatic rings. The number of aromatic nitrogens is 2. The molecule has 1 aromatic heterocycles. The van der Waals surface area contributed by atoms with Gasteiger partial charge in [-0.2, -0.15) is 0 Å². The van der Waals surface area contributed by atoms with Crippen LogP contribution in [0.1, 0.15) is 23.0 Å². The highest BCUT2D eigenvalue weighted by molar-refractivity contribution is 5.80. The summed E-state index contributed by atoms with van der Waals surface area (Å²) in [6.45, 7) is -0.0541. The number of nitrogen functional groups attached to an aromatic ring is 1. The molecular formula is C17H17N3O. The van der Waals surface area contributed by atoms with Crippen LogP contribution in [0.2, 0.25) is 0 Å². The van der Waals surface area contributed by atoms with Crippen LogP contribution < -0.4 is 5.73 Å². The Bertz CT molecular complexity index is 797. The molecule has 0 unspecified atom stereocenters. The minimum Gasteiger partial charge on any atom is -0.399 e. The zero-order valence-corrected chi connectivity index (χ0v) is 11.7. The lowest BCUT2D eigenvalue weighted by Crippen LogP contribution is -2.12. The Morgan fingerprint density at radius 1 is 1.14 bits per heavy atom. The Labute approximate surface area is 122 Å². The van der Waals surface area contributed by atoms with Crippen LogP contribution in [0.5, 0.6) is 0 Å². The Balaban J connectivity index is 1.84. The summed E-state index contributed by atoms with van der Waals surface area (Å²) in [5.41, 5.74) is 11.2. The van der Waals surface area contributed by atoms with Gasteiger partial charge in [-0.05, 0) is 42.2 Å². The molecule has 1 heterocycles. The molecule has 4 nitrogen and oxygen atoms in total. The molecule has 106 valence electrons. The minimum absolute atomic E-state index is 0.0541. The second kappa shape index (κ2) is 4.60. The van der Waals surface area contributed by atoms with Gasteiger partial charge in [0.25, 0.3) is 0 Å². The van der Waals surface area contributed by atoms with E-state index >= 15 is 0 Å². The van der Waals surface area contributed by atoms with Crippen molar-refractivity contribution in [2.24, 2.45) is 0 Å². The van der Waals surface area contributed by atoms with Crippen molar-refractivity contribution >= 4 is 16.7 Å². The highest BCUT2D eigenvalue weighted by Gasteiger charge is 2.26. The highest BCUT2D eigenvalue weighted by atomic mass is 16.3. The van der Waals surface area contributed by atoms with Crippen molar-refractivity contribution < 1.29 is 5.11 Å². The number of hydrogen-bond donors (Lipinski definition) is 2. The summed E-state index contributed by atoms with van der Waals surface area (Å²) in [4.78, 5) is 4.53. The number of nitrogens with zero attached hydrogens (tertiary/aromatic N) is 2. The van der Waals surface area contributed by atoms with Crippen molar-refractivity contribution in [3.05, 3.63) is 59.4 Å². The first-order valence-electron chi connectivity index (χ1n) is 7.20. The lowest BCUT2D eigenvalue weighted by atomic mass is 10.1. The number of hydrogen-bond acceptors (Lipinski definition) is 3. The van der Waals surface area contributed by atoms with Gasteiger partial charge in [0, 0.05) is 11.7 Å². The van der Waals surface area contributed by atoms with Gasteiger partial charge in [0.05, 0.1) is 11.0 Å². The third-order valence-electron chi connectivity index (χ3n) is 4.32. The second-order valence-electron chi connectivity index (χ2n) is 5.64. The first-order chi connectivity index (χ1) is 10.3. The van der Waals surface area contributed by atoms with E-state index in [1.807, 2.05) is 18.2 Å². The molecule has 0 amide bonds. The SMILES string of the molecule is Nc1ccc2c(c1)nc(CO)n2C1Cc2ccccc2C1. The van der Waals surface area contributed by atoms with Crippen molar-refractivity contribution in [1.82, 2.24) is 9.55 Å². The zero-order valence-electron chi connectivity index (χ0n) is 11.7. The first-order valence-corrected chi connectivity index (χ1v) is 7.20. The maximum absolute atomic E-state index is 9.65. The van der Waals surface area contributed by atoms with Crippen molar-refractivity contribution in [2.75, 3.05) is 5.73 Å². The number of aliphatic hydroxyl groups is 1. The quantitative estimate of drug-likeness (QED) is 0.708. The number of rotatable bonds is 2. The number of anilines is 1. The van der Waals surface area contributed by atoms with E-state index in [4.69, 9.17) is 5.73 Å². The second-order valence-corrected chi connectivity index (χ2v) is 5.64. The van der Waals surface area contributed by atoms with E-state index in [1.165, 1.54) is 11.1 Å². The van der Waals surface area contributed by atoms with Crippen LogP contribution in [0.4, 0.5) is 5.69 Å². The first kappa shape index (κ1) is 12.4. The molecule has 0 fully saturated rings. The third kappa shape index (κ3) is 1.91. The molecule has 21 heavy (non-hydrogen) atoms. The highest BCUT2D eigenvalue weighted by Crippen LogP contribution is 2.33. The summed E-state index contributed by atoms with van der Waals surface area (Å²) >= 11 is 0. The fraction of sp³-hybridized carbons (Fsp3) is 0.235. The zero-order chi connectivity index (χ0) is 14.4. The predicted molar refractivity (Wildman–Crippen MR) is 83.0 cm³/mol. The molecule has 0 atom stereocenters. The Kier molecular flexibility index (Phi) is 2.72. The molecule has 0 aliphatic heterocycles. The van der Waals surface area contributed by atoms with Crippen LogP contribution >= 0.6 is 0 Å². The normalized spacial score (nSPS) is 14.7. The van der Waals surface area contributed by atoms with Crippen LogP contribution in [0.25, 0.3) is 11.0 Å². The molecule has 2 aromatic carbocycles. The molecule has 4 heteroatoms. The number of imidazole rings is 1. The summed E-state index contributed by atoms with van der Waals surface area (Å²) < 4.78 is 2.18.